The molecule has 0 spiro atoms. The number of carbonyl (C=O) groups excluding carboxylic acids is 2. The third kappa shape index (κ3) is 6.31. The van der Waals surface area contributed by atoms with Crippen LogP contribution in [0, 0.1) is 17.3 Å². The molecular weight excluding hydrogens is 340 g/mol. The van der Waals surface area contributed by atoms with Crippen LogP contribution < -0.4 is 0 Å². The predicted octanol–water partition coefficient (Wildman–Crippen LogP) is 5.02. The molecule has 1 fully saturated rings. The van der Waals surface area contributed by atoms with Crippen LogP contribution in [0.15, 0.2) is 24.3 Å². The van der Waals surface area contributed by atoms with Crippen molar-refractivity contribution in [3.63, 3.8) is 0 Å². The molecule has 0 amide bonds. The summed E-state index contributed by atoms with van der Waals surface area (Å²) in [5.41, 5.74) is 0.364. The molecule has 0 N–H and O–H groups in total. The number of esters is 1. The molecule has 0 radical (unpaired) electrons. The van der Waals surface area contributed by atoms with Crippen molar-refractivity contribution in [1.29, 1.82) is 0 Å². The van der Waals surface area contributed by atoms with E-state index in [-0.39, 0.29) is 17.7 Å². The summed E-state index contributed by atoms with van der Waals surface area (Å²) < 4.78 is 10.4. The second-order valence-corrected chi connectivity index (χ2v) is 8.37. The van der Waals surface area contributed by atoms with Gasteiger partial charge in [-0.05, 0) is 62.4 Å². The van der Waals surface area contributed by atoms with E-state index in [4.69, 9.17) is 4.74 Å². The molecule has 0 heterocycles. The molecule has 0 aromatic rings. The molecule has 4 nitrogen and oxygen atoms in total. The van der Waals surface area contributed by atoms with Crippen molar-refractivity contribution in [3.8, 4) is 0 Å². The average Bonchev–Trinajstić information content (AvgIpc) is 2.99. The van der Waals surface area contributed by atoms with E-state index in [0.717, 1.165) is 38.5 Å². The summed E-state index contributed by atoms with van der Waals surface area (Å²) in [6, 6.07) is 0. The van der Waals surface area contributed by atoms with Crippen LogP contribution in [-0.4, -0.2) is 32.1 Å². The molecule has 4 heteroatoms. The van der Waals surface area contributed by atoms with Crippen LogP contribution in [0.25, 0.3) is 0 Å². The highest BCUT2D eigenvalue weighted by atomic mass is 16.5. The fraction of sp³-hybridized carbons (Fsp3) is 0.739. The highest BCUT2D eigenvalue weighted by Gasteiger charge is 2.39. The predicted molar refractivity (Wildman–Crippen MR) is 107 cm³/mol. The first kappa shape index (κ1) is 21.9. The third-order valence-corrected chi connectivity index (χ3v) is 6.49. The summed E-state index contributed by atoms with van der Waals surface area (Å²) in [4.78, 5) is 23.3. The van der Waals surface area contributed by atoms with Gasteiger partial charge in [0.15, 0.2) is 5.78 Å². The second kappa shape index (κ2) is 10.8. The lowest BCUT2D eigenvalue weighted by Gasteiger charge is -2.44. The maximum Gasteiger partial charge on any atom is 0.305 e. The van der Waals surface area contributed by atoms with Crippen LogP contribution in [-0.2, 0) is 19.1 Å². The number of carbonyl (C=O) groups is 2. The molecule has 0 aliphatic heterocycles. The van der Waals surface area contributed by atoms with Crippen molar-refractivity contribution in [3.05, 3.63) is 24.3 Å². The third-order valence-electron chi connectivity index (χ3n) is 6.49. The minimum absolute atomic E-state index is 0.0853. The molecule has 0 saturated heterocycles. The van der Waals surface area contributed by atoms with E-state index in [1.807, 2.05) is 7.11 Å². The standard InChI is InChI=1S/C23H36O4/c1-23(16-9-17-23)21(26-2)12-8-10-18-14-15-20(24)19(18)11-6-4-5-7-13-22(25)27-3/h4,6,14-15,18-19,21H,5,7-13,16-17H2,1-3H3/b6-4-/t18-,19+,21?/m0/s1. The van der Waals surface area contributed by atoms with Gasteiger partial charge >= 0.3 is 5.97 Å². The summed E-state index contributed by atoms with van der Waals surface area (Å²) >= 11 is 0. The van der Waals surface area contributed by atoms with Gasteiger partial charge in [0.05, 0.1) is 13.2 Å². The van der Waals surface area contributed by atoms with E-state index in [2.05, 4.69) is 29.9 Å². The molecule has 0 bridgehead atoms. The number of hydrogen-bond acceptors (Lipinski definition) is 4. The Morgan fingerprint density at radius 3 is 2.70 bits per heavy atom. The first-order chi connectivity index (χ1) is 13.0. The Morgan fingerprint density at radius 2 is 2.07 bits per heavy atom. The summed E-state index contributed by atoms with van der Waals surface area (Å²) in [5.74, 6) is 0.531. The summed E-state index contributed by atoms with van der Waals surface area (Å²) in [6.07, 6.45) is 18.4. The molecular formula is C23H36O4. The normalized spacial score (nSPS) is 24.9. The minimum Gasteiger partial charge on any atom is -0.469 e. The van der Waals surface area contributed by atoms with Crippen LogP contribution in [0.1, 0.15) is 71.1 Å². The number of rotatable bonds is 12. The Morgan fingerprint density at radius 1 is 1.30 bits per heavy atom. The highest BCUT2D eigenvalue weighted by molar-refractivity contribution is 5.94. The van der Waals surface area contributed by atoms with Gasteiger partial charge in [-0.2, -0.15) is 0 Å². The highest BCUT2D eigenvalue weighted by Crippen LogP contribution is 2.46. The van der Waals surface area contributed by atoms with Crippen molar-refractivity contribution in [1.82, 2.24) is 0 Å². The number of hydrogen-bond donors (Lipinski definition) is 0. The number of ether oxygens (including phenoxy) is 2. The van der Waals surface area contributed by atoms with Gasteiger partial charge in [-0.3, -0.25) is 9.59 Å². The Labute approximate surface area is 164 Å². The zero-order chi connectivity index (χ0) is 19.7. The van der Waals surface area contributed by atoms with E-state index in [0.29, 0.717) is 23.9 Å². The molecule has 27 heavy (non-hydrogen) atoms. The van der Waals surface area contributed by atoms with E-state index in [9.17, 15) is 9.59 Å². The molecule has 3 atom stereocenters. The van der Waals surface area contributed by atoms with Gasteiger partial charge in [0, 0.05) is 19.4 Å². The van der Waals surface area contributed by atoms with Crippen molar-refractivity contribution < 1.29 is 19.1 Å². The lowest BCUT2D eigenvalue weighted by molar-refractivity contribution is -0.140. The smallest absolute Gasteiger partial charge is 0.305 e. The molecule has 1 saturated carbocycles. The van der Waals surface area contributed by atoms with Crippen molar-refractivity contribution in [2.45, 2.75) is 77.2 Å². The van der Waals surface area contributed by atoms with Gasteiger partial charge in [-0.1, -0.05) is 38.0 Å². The van der Waals surface area contributed by atoms with Crippen molar-refractivity contribution in [2.75, 3.05) is 14.2 Å². The van der Waals surface area contributed by atoms with Gasteiger partial charge in [0.2, 0.25) is 0 Å². The van der Waals surface area contributed by atoms with Gasteiger partial charge in [0.1, 0.15) is 0 Å². The van der Waals surface area contributed by atoms with Gasteiger partial charge in [-0.15, -0.1) is 0 Å². The average molecular weight is 377 g/mol. The molecule has 2 rings (SSSR count). The Bertz CT molecular complexity index is 545. The van der Waals surface area contributed by atoms with E-state index in [1.165, 1.54) is 26.4 Å². The first-order valence-corrected chi connectivity index (χ1v) is 10.5. The lowest BCUT2D eigenvalue weighted by atomic mass is 9.65. The zero-order valence-electron chi connectivity index (χ0n) is 17.2. The van der Waals surface area contributed by atoms with E-state index >= 15 is 0 Å². The summed E-state index contributed by atoms with van der Waals surface area (Å²) in [7, 11) is 3.25. The number of ketones is 1. The lowest BCUT2D eigenvalue weighted by Crippen LogP contribution is -2.39. The van der Waals surface area contributed by atoms with Crippen molar-refractivity contribution >= 4 is 11.8 Å². The molecule has 2 aliphatic carbocycles. The fourth-order valence-electron chi connectivity index (χ4n) is 4.45. The monoisotopic (exact) mass is 376 g/mol. The fourth-order valence-corrected chi connectivity index (χ4v) is 4.45. The maximum absolute atomic E-state index is 12.2. The first-order valence-electron chi connectivity index (χ1n) is 10.5. The van der Waals surface area contributed by atoms with Crippen molar-refractivity contribution in [2.24, 2.45) is 17.3 Å². The molecule has 1 unspecified atom stereocenters. The van der Waals surface area contributed by atoms with Gasteiger partial charge < -0.3 is 9.47 Å². The molecule has 0 aromatic heterocycles. The topological polar surface area (TPSA) is 52.6 Å². The summed E-state index contributed by atoms with van der Waals surface area (Å²) in [5, 5.41) is 0. The van der Waals surface area contributed by atoms with Crippen LogP contribution >= 0.6 is 0 Å². The van der Waals surface area contributed by atoms with E-state index < -0.39 is 0 Å². The molecule has 2 aliphatic rings. The minimum atomic E-state index is -0.163. The Kier molecular flexibility index (Phi) is 8.75. The van der Waals surface area contributed by atoms with Crippen LogP contribution in [0.3, 0.4) is 0 Å². The van der Waals surface area contributed by atoms with Crippen LogP contribution in [0.5, 0.6) is 0 Å². The van der Waals surface area contributed by atoms with E-state index in [1.54, 1.807) is 6.08 Å². The van der Waals surface area contributed by atoms with Gasteiger partial charge in [0.25, 0.3) is 0 Å². The number of allylic oxidation sites excluding steroid dienone is 4. The van der Waals surface area contributed by atoms with Crippen LogP contribution in [0.4, 0.5) is 0 Å². The van der Waals surface area contributed by atoms with Crippen LogP contribution in [0.2, 0.25) is 0 Å². The zero-order valence-corrected chi connectivity index (χ0v) is 17.2. The second-order valence-electron chi connectivity index (χ2n) is 8.37. The number of unbranched alkanes of at least 4 members (excludes halogenated alkanes) is 1. The number of methoxy groups -OCH3 is 2. The molecule has 0 aromatic carbocycles. The Balaban J connectivity index is 1.70. The summed E-state index contributed by atoms with van der Waals surface area (Å²) in [6.45, 7) is 2.34. The quantitative estimate of drug-likeness (QED) is 0.272. The molecule has 152 valence electrons. The Hall–Kier alpha value is -1.42. The SMILES string of the molecule is COC(=O)CCC/C=C\C[C@H]1C(=O)C=C[C@@H]1CCCC(OC)C1(C)CCC1. The maximum atomic E-state index is 12.2. The largest absolute Gasteiger partial charge is 0.469 e. The van der Waals surface area contributed by atoms with Gasteiger partial charge in [-0.25, -0.2) is 0 Å².